The van der Waals surface area contributed by atoms with E-state index in [-0.39, 0.29) is 12.2 Å². The number of fused-ring (bicyclic) bond motifs is 1. The smallest absolute Gasteiger partial charge is 0.262 e. The molecular formula is C24H20N8O3. The molecule has 0 radical (unpaired) electrons. The van der Waals surface area contributed by atoms with E-state index in [0.29, 0.717) is 35.2 Å². The third-order valence-corrected chi connectivity index (χ3v) is 6.06. The summed E-state index contributed by atoms with van der Waals surface area (Å²) in [5.74, 6) is 0.155. The van der Waals surface area contributed by atoms with Gasteiger partial charge in [0.1, 0.15) is 11.4 Å². The van der Waals surface area contributed by atoms with Crippen molar-refractivity contribution < 1.29 is 14.4 Å². The molecule has 0 aliphatic carbocycles. The first kappa shape index (κ1) is 20.9. The van der Waals surface area contributed by atoms with Gasteiger partial charge in [-0.2, -0.15) is 5.10 Å². The minimum Gasteiger partial charge on any atom is -0.373 e. The summed E-state index contributed by atoms with van der Waals surface area (Å²) in [5.41, 5.74) is 2.49. The lowest BCUT2D eigenvalue weighted by atomic mass is 9.98. The zero-order valence-electron chi connectivity index (χ0n) is 18.7. The second kappa shape index (κ2) is 7.99. The number of hydrogen-bond donors (Lipinski definition) is 2. The highest BCUT2D eigenvalue weighted by Crippen LogP contribution is 2.35. The first-order valence-electron chi connectivity index (χ1n) is 11.0. The fourth-order valence-corrected chi connectivity index (χ4v) is 4.14. The minimum absolute atomic E-state index is 0.141. The molecule has 0 bridgehead atoms. The van der Waals surface area contributed by atoms with Crippen LogP contribution in [0.3, 0.4) is 0 Å². The number of nitrogens with zero attached hydrogens (tertiary/aromatic N) is 7. The summed E-state index contributed by atoms with van der Waals surface area (Å²) in [6.45, 7) is 0.455. The SMILES string of the molecule is CN1CC[C@@](O)(c2cc(-c3cccc(-c4ccnc(Nc5cnn6cccnc56)n4)c3)no2)C1=O. The van der Waals surface area contributed by atoms with Crippen LogP contribution >= 0.6 is 0 Å². The number of benzene rings is 1. The Kier molecular flexibility index (Phi) is 4.78. The summed E-state index contributed by atoms with van der Waals surface area (Å²) in [6, 6.07) is 12.8. The largest absolute Gasteiger partial charge is 0.373 e. The van der Waals surface area contributed by atoms with Crippen LogP contribution in [0.5, 0.6) is 0 Å². The Labute approximate surface area is 199 Å². The van der Waals surface area contributed by atoms with E-state index in [9.17, 15) is 9.90 Å². The van der Waals surface area contributed by atoms with E-state index in [1.165, 1.54) is 4.90 Å². The molecule has 35 heavy (non-hydrogen) atoms. The molecule has 5 heterocycles. The molecule has 4 aromatic heterocycles. The average molecular weight is 468 g/mol. The van der Waals surface area contributed by atoms with Crippen molar-refractivity contribution in [3.05, 3.63) is 73.0 Å². The van der Waals surface area contributed by atoms with Gasteiger partial charge in [-0.25, -0.2) is 19.5 Å². The van der Waals surface area contributed by atoms with Gasteiger partial charge in [-0.1, -0.05) is 23.4 Å². The highest BCUT2D eigenvalue weighted by atomic mass is 16.5. The maximum absolute atomic E-state index is 12.4. The quantitative estimate of drug-likeness (QED) is 0.399. The van der Waals surface area contributed by atoms with E-state index >= 15 is 0 Å². The zero-order valence-corrected chi connectivity index (χ0v) is 18.7. The summed E-state index contributed by atoms with van der Waals surface area (Å²) in [6.07, 6.45) is 7.10. The predicted molar refractivity (Wildman–Crippen MR) is 125 cm³/mol. The molecule has 1 saturated heterocycles. The highest BCUT2D eigenvalue weighted by molar-refractivity contribution is 5.87. The van der Waals surface area contributed by atoms with Crippen LogP contribution in [0.1, 0.15) is 12.2 Å². The molecule has 174 valence electrons. The van der Waals surface area contributed by atoms with E-state index in [2.05, 4.69) is 30.5 Å². The number of hydrogen-bond acceptors (Lipinski definition) is 9. The molecule has 1 aromatic carbocycles. The number of aliphatic hydroxyl groups is 1. The van der Waals surface area contributed by atoms with Crippen LogP contribution < -0.4 is 5.32 Å². The second-order valence-electron chi connectivity index (χ2n) is 8.33. The lowest BCUT2D eigenvalue weighted by Crippen LogP contribution is -2.35. The van der Waals surface area contributed by atoms with Crippen molar-refractivity contribution in [2.45, 2.75) is 12.0 Å². The Hall–Kier alpha value is -4.64. The van der Waals surface area contributed by atoms with Crippen LogP contribution in [-0.2, 0) is 10.4 Å². The highest BCUT2D eigenvalue weighted by Gasteiger charge is 2.48. The summed E-state index contributed by atoms with van der Waals surface area (Å²) in [7, 11) is 1.65. The maximum Gasteiger partial charge on any atom is 0.262 e. The van der Waals surface area contributed by atoms with Crippen molar-refractivity contribution in [2.24, 2.45) is 0 Å². The first-order chi connectivity index (χ1) is 17.0. The van der Waals surface area contributed by atoms with Crippen LogP contribution in [0.25, 0.3) is 28.2 Å². The maximum atomic E-state index is 12.4. The summed E-state index contributed by atoms with van der Waals surface area (Å²) >= 11 is 0. The zero-order chi connectivity index (χ0) is 24.0. The average Bonchev–Trinajstić information content (AvgIpc) is 3.61. The van der Waals surface area contributed by atoms with E-state index in [1.807, 2.05) is 36.5 Å². The monoisotopic (exact) mass is 468 g/mol. The van der Waals surface area contributed by atoms with Crippen molar-refractivity contribution in [3.8, 4) is 22.5 Å². The topological polar surface area (TPSA) is 135 Å². The first-order valence-corrected chi connectivity index (χ1v) is 11.0. The Morgan fingerprint density at radius 2 is 1.94 bits per heavy atom. The van der Waals surface area contributed by atoms with E-state index in [0.717, 1.165) is 11.1 Å². The van der Waals surface area contributed by atoms with Gasteiger partial charge in [0.05, 0.1) is 11.9 Å². The molecular weight excluding hydrogens is 448 g/mol. The molecule has 1 fully saturated rings. The molecule has 5 aromatic rings. The number of anilines is 2. The summed E-state index contributed by atoms with van der Waals surface area (Å²) in [5, 5.41) is 22.4. The van der Waals surface area contributed by atoms with Gasteiger partial charge >= 0.3 is 0 Å². The van der Waals surface area contributed by atoms with Gasteiger partial charge in [-0.3, -0.25) is 4.79 Å². The van der Waals surface area contributed by atoms with Crippen molar-refractivity contribution in [3.63, 3.8) is 0 Å². The van der Waals surface area contributed by atoms with Gasteiger partial charge in [0, 0.05) is 55.8 Å². The van der Waals surface area contributed by atoms with Crippen molar-refractivity contribution in [1.82, 2.24) is 34.6 Å². The molecule has 1 aliphatic rings. The number of rotatable bonds is 5. The summed E-state index contributed by atoms with van der Waals surface area (Å²) < 4.78 is 7.05. The van der Waals surface area contributed by atoms with Gasteiger partial charge in [-0.15, -0.1) is 0 Å². The van der Waals surface area contributed by atoms with Gasteiger partial charge in [0.15, 0.2) is 11.4 Å². The lowest BCUT2D eigenvalue weighted by molar-refractivity contribution is -0.144. The third-order valence-electron chi connectivity index (χ3n) is 6.06. The Morgan fingerprint density at radius 3 is 2.77 bits per heavy atom. The van der Waals surface area contributed by atoms with Crippen LogP contribution in [0, 0.1) is 0 Å². The van der Waals surface area contributed by atoms with E-state index < -0.39 is 11.5 Å². The lowest BCUT2D eigenvalue weighted by Gasteiger charge is -2.16. The Balaban J connectivity index is 1.28. The number of aromatic nitrogens is 6. The Bertz CT molecular complexity index is 1560. The van der Waals surface area contributed by atoms with Crippen molar-refractivity contribution >= 4 is 23.2 Å². The Morgan fingerprint density at radius 1 is 1.09 bits per heavy atom. The summed E-state index contributed by atoms with van der Waals surface area (Å²) in [4.78, 5) is 27.2. The third kappa shape index (κ3) is 3.58. The minimum atomic E-state index is -1.68. The van der Waals surface area contributed by atoms with Crippen LogP contribution in [0.15, 0.2) is 71.8 Å². The van der Waals surface area contributed by atoms with Crippen LogP contribution in [0.4, 0.5) is 11.6 Å². The fourth-order valence-electron chi connectivity index (χ4n) is 4.14. The number of carbonyl (C=O) groups excluding carboxylic acids is 1. The van der Waals surface area contributed by atoms with E-state index in [4.69, 9.17) is 4.52 Å². The molecule has 11 nitrogen and oxygen atoms in total. The van der Waals surface area contributed by atoms with Gasteiger partial charge in [-0.05, 0) is 18.2 Å². The second-order valence-corrected chi connectivity index (χ2v) is 8.33. The number of carbonyl (C=O) groups is 1. The fraction of sp³-hybridized carbons (Fsp3) is 0.167. The van der Waals surface area contributed by atoms with E-state index in [1.54, 1.807) is 42.3 Å². The van der Waals surface area contributed by atoms with Gasteiger partial charge in [0.25, 0.3) is 5.91 Å². The van der Waals surface area contributed by atoms with Crippen LogP contribution in [-0.4, -0.2) is 59.2 Å². The number of nitrogens with one attached hydrogen (secondary N) is 1. The molecule has 1 amide bonds. The molecule has 0 unspecified atom stereocenters. The number of amides is 1. The molecule has 1 aliphatic heterocycles. The van der Waals surface area contributed by atoms with Gasteiger partial charge in [0.2, 0.25) is 11.5 Å². The van der Waals surface area contributed by atoms with Crippen molar-refractivity contribution in [2.75, 3.05) is 18.9 Å². The number of likely N-dealkylation sites (N-methyl/N-ethyl adjacent to an activating group) is 1. The van der Waals surface area contributed by atoms with Gasteiger partial charge < -0.3 is 19.8 Å². The normalized spacial score (nSPS) is 17.9. The molecule has 11 heteroatoms. The molecule has 2 N–H and O–H groups in total. The molecule has 1 atom stereocenters. The number of likely N-dealkylation sites (tertiary alicyclic amines) is 1. The van der Waals surface area contributed by atoms with Crippen molar-refractivity contribution in [1.29, 1.82) is 0 Å². The molecule has 0 saturated carbocycles. The predicted octanol–water partition coefficient (Wildman–Crippen LogP) is 2.63. The molecule has 0 spiro atoms. The van der Waals surface area contributed by atoms with Crippen LogP contribution in [0.2, 0.25) is 0 Å². The molecule has 6 rings (SSSR count). The standard InChI is InChI=1S/C24H20N8O3/c1-31-11-7-24(34,22(31)33)20-13-18(30-35-20)16-5-2-4-15(12-16)17-6-9-26-23(28-17)29-19-14-27-32-10-3-8-25-21(19)32/h2-6,8-10,12-14,34H,7,11H2,1H3,(H,26,28,29)/t24-/m1/s1.